The number of aryl methyl sites for hydroxylation is 1. The topological polar surface area (TPSA) is 63.2 Å². The minimum absolute atomic E-state index is 0. The first-order valence-electron chi connectivity index (χ1n) is 10.8. The quantitative estimate of drug-likeness (QED) is 0.338. The number of quaternary nitrogens is 2. The number of pyridine rings is 1. The maximum atomic E-state index is 15.0. The van der Waals surface area contributed by atoms with Gasteiger partial charge in [0.2, 0.25) is 5.43 Å². The predicted molar refractivity (Wildman–Crippen MR) is 117 cm³/mol. The number of hydrogen-bond donors (Lipinski definition) is 3. The summed E-state index contributed by atoms with van der Waals surface area (Å²) in [5, 5.41) is 3.08. The Kier molecular flexibility index (Phi) is 10.9. The van der Waals surface area contributed by atoms with E-state index in [4.69, 9.17) is 0 Å². The van der Waals surface area contributed by atoms with Gasteiger partial charge < -0.3 is 49.4 Å². The molecule has 0 radical (unpaired) electrons. The van der Waals surface area contributed by atoms with E-state index >= 15 is 0 Å². The van der Waals surface area contributed by atoms with E-state index in [2.05, 4.69) is 26.5 Å². The van der Waals surface area contributed by atoms with Gasteiger partial charge in [0, 0.05) is 31.1 Å². The number of halogens is 3. The predicted octanol–water partition coefficient (Wildman–Crippen LogP) is -7.23. The van der Waals surface area contributed by atoms with Gasteiger partial charge in [-0.15, -0.1) is 0 Å². The monoisotopic (exact) mass is 489 g/mol. The Bertz CT molecular complexity index is 975. The van der Waals surface area contributed by atoms with Crippen LogP contribution in [0.4, 0.5) is 10.1 Å². The first kappa shape index (κ1) is 28.2. The van der Waals surface area contributed by atoms with Crippen molar-refractivity contribution in [1.82, 2.24) is 9.88 Å². The van der Waals surface area contributed by atoms with Gasteiger partial charge in [0.25, 0.3) is 5.91 Å². The zero-order valence-corrected chi connectivity index (χ0v) is 20.7. The van der Waals surface area contributed by atoms with E-state index in [0.29, 0.717) is 24.3 Å². The van der Waals surface area contributed by atoms with E-state index in [1.54, 1.807) is 12.3 Å². The van der Waals surface area contributed by atoms with Crippen LogP contribution in [0.3, 0.4) is 0 Å². The molecule has 180 valence electrons. The summed E-state index contributed by atoms with van der Waals surface area (Å²) in [5.41, 5.74) is 0.841. The number of likely N-dealkylation sites (N-methyl/N-ethyl adjacent to an activating group) is 1. The molecule has 7 nitrogen and oxygen atoms in total. The molecule has 0 bridgehead atoms. The normalized spacial score (nSPS) is 14.2. The highest BCUT2D eigenvalue weighted by atomic mass is 35.5. The van der Waals surface area contributed by atoms with Gasteiger partial charge in [-0.05, 0) is 19.1 Å². The fourth-order valence-corrected chi connectivity index (χ4v) is 3.93. The van der Waals surface area contributed by atoms with Crippen LogP contribution >= 0.6 is 0 Å². The maximum absolute atomic E-state index is 15.0. The lowest BCUT2D eigenvalue weighted by Crippen LogP contribution is -3.12. The lowest BCUT2D eigenvalue weighted by atomic mass is 10.1. The summed E-state index contributed by atoms with van der Waals surface area (Å²) in [6.45, 7) is 7.43. The van der Waals surface area contributed by atoms with Crippen LogP contribution in [0, 0.1) is 5.82 Å². The lowest BCUT2D eigenvalue weighted by molar-refractivity contribution is -0.880. The molecule has 1 aliphatic rings. The summed E-state index contributed by atoms with van der Waals surface area (Å²) >= 11 is 0. The Balaban J connectivity index is 0.00000256. The smallest absolute Gasteiger partial charge is 0.256 e. The third-order valence-corrected chi connectivity index (χ3v) is 5.83. The van der Waals surface area contributed by atoms with Crippen molar-refractivity contribution >= 4 is 22.5 Å². The summed E-state index contributed by atoms with van der Waals surface area (Å²) in [6.07, 6.45) is 2.43. The first-order chi connectivity index (χ1) is 14.3. The average molecular weight is 490 g/mol. The number of anilines is 1. The minimum Gasteiger partial charge on any atom is -1.00 e. The molecular weight excluding hydrogens is 456 g/mol. The summed E-state index contributed by atoms with van der Waals surface area (Å²) in [6, 6.07) is 3.06. The number of carbonyl (C=O) groups is 1. The zero-order valence-electron chi connectivity index (χ0n) is 19.2. The fourth-order valence-electron chi connectivity index (χ4n) is 3.93. The molecule has 10 heteroatoms. The van der Waals surface area contributed by atoms with Gasteiger partial charge >= 0.3 is 0 Å². The molecule has 2 heterocycles. The van der Waals surface area contributed by atoms with Gasteiger partial charge in [0.05, 0.1) is 65.1 Å². The number of amides is 1. The Morgan fingerprint density at radius 3 is 2.47 bits per heavy atom. The lowest BCUT2D eigenvalue weighted by Gasteiger charge is -2.32. The van der Waals surface area contributed by atoms with E-state index in [-0.39, 0.29) is 35.8 Å². The minimum atomic E-state index is -0.418. The molecule has 0 spiro atoms. The number of nitrogens with zero attached hydrogens (tertiary/aromatic N) is 2. The third-order valence-electron chi connectivity index (χ3n) is 5.83. The number of fused-ring (bicyclic) bond motifs is 1. The Morgan fingerprint density at radius 1 is 1.22 bits per heavy atom. The standard InChI is InChI=1S/C22H32FN5O2.2ClH/c1-5-27-15-17(22(30)24-7-6-8-25(2)3)21(29)16-13-18(23)20(14-19(16)27)28-11-9-26(4)10-12-28;;/h13-15H,5-12H2,1-4H3,(H,24,30);2*1H. The molecule has 1 saturated heterocycles. The van der Waals surface area contributed by atoms with Crippen LogP contribution in [-0.2, 0) is 6.54 Å². The molecule has 32 heavy (non-hydrogen) atoms. The van der Waals surface area contributed by atoms with Gasteiger partial charge in [-0.25, -0.2) is 4.39 Å². The molecule has 1 fully saturated rings. The van der Waals surface area contributed by atoms with E-state index in [0.717, 1.165) is 39.1 Å². The van der Waals surface area contributed by atoms with Crippen LogP contribution in [0.5, 0.6) is 0 Å². The summed E-state index contributed by atoms with van der Waals surface area (Å²) in [5.74, 6) is -0.808. The molecule has 0 saturated carbocycles. The highest BCUT2D eigenvalue weighted by Gasteiger charge is 2.22. The Hall–Kier alpha value is -1.87. The second kappa shape index (κ2) is 12.4. The van der Waals surface area contributed by atoms with Crippen molar-refractivity contribution in [1.29, 1.82) is 0 Å². The van der Waals surface area contributed by atoms with Gasteiger partial charge in [-0.3, -0.25) is 9.59 Å². The highest BCUT2D eigenvalue weighted by Crippen LogP contribution is 2.25. The number of rotatable bonds is 7. The average Bonchev–Trinajstić information content (AvgIpc) is 2.72. The molecular formula is C22H34Cl2FN5O2. The molecule has 1 aromatic heterocycles. The van der Waals surface area contributed by atoms with Crippen molar-refractivity contribution in [2.75, 3.05) is 65.3 Å². The molecule has 1 aliphatic heterocycles. The van der Waals surface area contributed by atoms with Gasteiger partial charge in [0.15, 0.2) is 0 Å². The van der Waals surface area contributed by atoms with Crippen LogP contribution in [-0.4, -0.2) is 70.9 Å². The molecule has 1 amide bonds. The number of benzene rings is 1. The molecule has 0 aliphatic carbocycles. The SMILES string of the molecule is CCn1cc(C(=O)NCCC[NH+](C)C)c(=O)c2cc(F)c(N3CC[NH+](C)CC3)cc21.[Cl-].[Cl-]. The van der Waals surface area contributed by atoms with E-state index in [1.807, 2.05) is 16.4 Å². The second-order valence-electron chi connectivity index (χ2n) is 8.49. The Labute approximate surface area is 201 Å². The van der Waals surface area contributed by atoms with Crippen molar-refractivity contribution in [3.05, 3.63) is 39.9 Å². The van der Waals surface area contributed by atoms with E-state index < -0.39 is 17.2 Å². The molecule has 2 aromatic rings. The molecule has 3 rings (SSSR count). The van der Waals surface area contributed by atoms with Gasteiger partial charge in [-0.2, -0.15) is 0 Å². The number of aromatic nitrogens is 1. The van der Waals surface area contributed by atoms with Crippen LogP contribution in [0.15, 0.2) is 23.1 Å². The maximum Gasteiger partial charge on any atom is 0.256 e. The molecule has 3 N–H and O–H groups in total. The summed E-state index contributed by atoms with van der Waals surface area (Å²) in [4.78, 5) is 30.4. The number of piperazine rings is 1. The van der Waals surface area contributed by atoms with Gasteiger partial charge in [0.1, 0.15) is 11.4 Å². The number of hydrogen-bond acceptors (Lipinski definition) is 3. The van der Waals surface area contributed by atoms with Crippen molar-refractivity contribution in [2.45, 2.75) is 19.9 Å². The largest absolute Gasteiger partial charge is 1.00 e. The van der Waals surface area contributed by atoms with Crippen LogP contribution in [0.25, 0.3) is 10.9 Å². The third kappa shape index (κ3) is 6.34. The van der Waals surface area contributed by atoms with Crippen molar-refractivity contribution in [3.8, 4) is 0 Å². The first-order valence-corrected chi connectivity index (χ1v) is 10.8. The van der Waals surface area contributed by atoms with Crippen molar-refractivity contribution in [2.24, 2.45) is 0 Å². The number of carbonyl (C=O) groups excluding carboxylic acids is 1. The van der Waals surface area contributed by atoms with Crippen LogP contribution < -0.4 is 50.3 Å². The molecule has 0 atom stereocenters. The van der Waals surface area contributed by atoms with Crippen molar-refractivity contribution in [3.63, 3.8) is 0 Å². The molecule has 0 unspecified atom stereocenters. The van der Waals surface area contributed by atoms with Crippen molar-refractivity contribution < 1.29 is 43.8 Å². The second-order valence-corrected chi connectivity index (χ2v) is 8.49. The fraction of sp³-hybridized carbons (Fsp3) is 0.545. The zero-order chi connectivity index (χ0) is 21.8. The van der Waals surface area contributed by atoms with Crippen LogP contribution in [0.1, 0.15) is 23.7 Å². The number of nitrogens with one attached hydrogen (secondary N) is 3. The summed E-state index contributed by atoms with van der Waals surface area (Å²) < 4.78 is 16.8. The summed E-state index contributed by atoms with van der Waals surface area (Å²) in [7, 11) is 6.24. The van der Waals surface area contributed by atoms with E-state index in [9.17, 15) is 14.0 Å². The van der Waals surface area contributed by atoms with Gasteiger partial charge in [-0.1, -0.05) is 0 Å². The van der Waals surface area contributed by atoms with Crippen LogP contribution in [0.2, 0.25) is 0 Å². The highest BCUT2D eigenvalue weighted by molar-refractivity contribution is 5.97. The Morgan fingerprint density at radius 2 is 1.88 bits per heavy atom. The van der Waals surface area contributed by atoms with E-state index in [1.165, 1.54) is 15.9 Å². The molecule has 1 aromatic carbocycles.